The zero-order valence-corrected chi connectivity index (χ0v) is 8.96. The van der Waals surface area contributed by atoms with Crippen LogP contribution in [-0.2, 0) is 4.79 Å². The van der Waals surface area contributed by atoms with Crippen molar-refractivity contribution in [1.29, 1.82) is 0 Å². The quantitative estimate of drug-likeness (QED) is 0.508. The van der Waals surface area contributed by atoms with Gasteiger partial charge in [0.15, 0.2) is 0 Å². The molecule has 1 aliphatic heterocycles. The number of rotatable bonds is 8. The van der Waals surface area contributed by atoms with E-state index in [-0.39, 0.29) is 0 Å². The second-order valence-corrected chi connectivity index (χ2v) is 3.88. The third-order valence-corrected chi connectivity index (χ3v) is 2.73. The Bertz CT molecular complexity index is 159. The fourth-order valence-corrected chi connectivity index (χ4v) is 1.59. The zero-order chi connectivity index (χ0) is 10.2. The van der Waals surface area contributed by atoms with Gasteiger partial charge in [0.2, 0.25) is 0 Å². The number of aldehydes is 1. The third kappa shape index (κ3) is 4.17. The van der Waals surface area contributed by atoms with Crippen LogP contribution in [0.25, 0.3) is 0 Å². The second-order valence-electron chi connectivity index (χ2n) is 3.88. The lowest BCUT2D eigenvalue weighted by atomic mass is 9.99. The van der Waals surface area contributed by atoms with E-state index < -0.39 is 0 Å². The van der Waals surface area contributed by atoms with E-state index in [9.17, 15) is 4.79 Å². The third-order valence-electron chi connectivity index (χ3n) is 2.73. The summed E-state index contributed by atoms with van der Waals surface area (Å²) in [5, 5.41) is 6.36. The number of nitrogens with one attached hydrogen (secondary N) is 2. The first-order valence-corrected chi connectivity index (χ1v) is 5.38. The number of carbonyl (C=O) groups excluding carboxylic acids is 1. The molecule has 1 rings (SSSR count). The highest BCUT2D eigenvalue weighted by molar-refractivity contribution is 5.51. The van der Waals surface area contributed by atoms with Crippen LogP contribution >= 0.6 is 0 Å². The number of nitrogens with zero attached hydrogens (tertiary/aromatic N) is 1. The van der Waals surface area contributed by atoms with E-state index in [0.29, 0.717) is 6.54 Å². The molecule has 0 aliphatic carbocycles. The van der Waals surface area contributed by atoms with Crippen LogP contribution in [0, 0.1) is 5.92 Å². The van der Waals surface area contributed by atoms with Crippen LogP contribution in [0.3, 0.4) is 0 Å². The van der Waals surface area contributed by atoms with Gasteiger partial charge in [-0.1, -0.05) is 0 Å². The molecule has 14 heavy (non-hydrogen) atoms. The molecule has 0 amide bonds. The van der Waals surface area contributed by atoms with Crippen molar-refractivity contribution in [1.82, 2.24) is 15.5 Å². The molecule has 82 valence electrons. The summed E-state index contributed by atoms with van der Waals surface area (Å²) in [5.74, 6) is 0.832. The van der Waals surface area contributed by atoms with Gasteiger partial charge < -0.3 is 15.4 Å². The molecule has 0 unspecified atom stereocenters. The van der Waals surface area contributed by atoms with Gasteiger partial charge in [-0.3, -0.25) is 4.90 Å². The van der Waals surface area contributed by atoms with Crippen molar-refractivity contribution in [2.24, 2.45) is 5.92 Å². The Morgan fingerprint density at radius 2 is 2.29 bits per heavy atom. The Balaban J connectivity index is 2.09. The molecular formula is C10H21N3O. The van der Waals surface area contributed by atoms with Gasteiger partial charge in [0.1, 0.15) is 6.29 Å². The zero-order valence-electron chi connectivity index (χ0n) is 8.96. The molecule has 1 aliphatic rings. The van der Waals surface area contributed by atoms with Gasteiger partial charge in [0.25, 0.3) is 0 Å². The topological polar surface area (TPSA) is 44.4 Å². The summed E-state index contributed by atoms with van der Waals surface area (Å²) >= 11 is 0. The molecule has 0 saturated carbocycles. The van der Waals surface area contributed by atoms with E-state index in [1.54, 1.807) is 0 Å². The van der Waals surface area contributed by atoms with Crippen molar-refractivity contribution in [3.8, 4) is 0 Å². The molecule has 4 heteroatoms. The maximum Gasteiger partial charge on any atom is 0.133 e. The summed E-state index contributed by atoms with van der Waals surface area (Å²) < 4.78 is 0. The minimum Gasteiger partial charge on any atom is -0.318 e. The molecule has 0 aromatic rings. The second kappa shape index (κ2) is 6.92. The van der Waals surface area contributed by atoms with Crippen molar-refractivity contribution < 1.29 is 4.79 Å². The fraction of sp³-hybridized carbons (Fsp3) is 0.900. The van der Waals surface area contributed by atoms with E-state index in [1.165, 1.54) is 6.42 Å². The smallest absolute Gasteiger partial charge is 0.133 e. The van der Waals surface area contributed by atoms with Crippen LogP contribution in [0.1, 0.15) is 6.42 Å². The molecule has 0 radical (unpaired) electrons. The molecule has 0 atom stereocenters. The SMILES string of the molecule is CNCCN(CC=O)CCC1CNC1. The molecule has 0 aromatic heterocycles. The van der Waals surface area contributed by atoms with Gasteiger partial charge in [0, 0.05) is 13.1 Å². The molecular weight excluding hydrogens is 178 g/mol. The lowest BCUT2D eigenvalue weighted by Crippen LogP contribution is -2.44. The predicted molar refractivity (Wildman–Crippen MR) is 57.4 cm³/mol. The van der Waals surface area contributed by atoms with E-state index in [0.717, 1.165) is 44.9 Å². The average Bonchev–Trinajstić information content (AvgIpc) is 2.11. The number of hydrogen-bond donors (Lipinski definition) is 2. The Hall–Kier alpha value is -0.450. The number of carbonyl (C=O) groups is 1. The lowest BCUT2D eigenvalue weighted by Gasteiger charge is -2.29. The average molecular weight is 199 g/mol. The molecule has 1 heterocycles. The largest absolute Gasteiger partial charge is 0.318 e. The minimum absolute atomic E-state index is 0.571. The van der Waals surface area contributed by atoms with Gasteiger partial charge in [-0.05, 0) is 39.0 Å². The highest BCUT2D eigenvalue weighted by atomic mass is 16.1. The fourth-order valence-electron chi connectivity index (χ4n) is 1.59. The van der Waals surface area contributed by atoms with Crippen LogP contribution in [0.4, 0.5) is 0 Å². The van der Waals surface area contributed by atoms with Crippen molar-refractivity contribution in [2.75, 3.05) is 46.3 Å². The van der Waals surface area contributed by atoms with E-state index >= 15 is 0 Å². The van der Waals surface area contributed by atoms with E-state index in [4.69, 9.17) is 0 Å². The van der Waals surface area contributed by atoms with E-state index in [2.05, 4.69) is 15.5 Å². The highest BCUT2D eigenvalue weighted by Crippen LogP contribution is 2.08. The summed E-state index contributed by atoms with van der Waals surface area (Å²) in [6, 6.07) is 0. The summed E-state index contributed by atoms with van der Waals surface area (Å²) in [5.41, 5.74) is 0. The Labute approximate surface area is 86.0 Å². The Morgan fingerprint density at radius 3 is 2.79 bits per heavy atom. The maximum atomic E-state index is 10.4. The first kappa shape index (κ1) is 11.6. The van der Waals surface area contributed by atoms with Crippen LogP contribution in [0.15, 0.2) is 0 Å². The molecule has 1 fully saturated rings. The standard InChI is InChI=1S/C10H21N3O/c1-11-3-5-13(6-7-14)4-2-10-8-12-9-10/h7,10-12H,2-6,8-9H2,1H3. The summed E-state index contributed by atoms with van der Waals surface area (Å²) in [4.78, 5) is 12.6. The minimum atomic E-state index is 0.571. The Morgan fingerprint density at radius 1 is 1.50 bits per heavy atom. The molecule has 0 bridgehead atoms. The first-order chi connectivity index (χ1) is 6.86. The van der Waals surface area contributed by atoms with Gasteiger partial charge in [-0.25, -0.2) is 0 Å². The van der Waals surface area contributed by atoms with Crippen LogP contribution in [0.2, 0.25) is 0 Å². The van der Waals surface area contributed by atoms with Crippen LogP contribution in [-0.4, -0.2) is 57.5 Å². The van der Waals surface area contributed by atoms with Crippen LogP contribution in [0.5, 0.6) is 0 Å². The lowest BCUT2D eigenvalue weighted by molar-refractivity contribution is -0.108. The number of likely N-dealkylation sites (N-methyl/N-ethyl adjacent to an activating group) is 1. The predicted octanol–water partition coefficient (Wildman–Crippen LogP) is -0.684. The normalized spacial score (nSPS) is 17.0. The van der Waals surface area contributed by atoms with Gasteiger partial charge in [-0.2, -0.15) is 0 Å². The van der Waals surface area contributed by atoms with Gasteiger partial charge in [0.05, 0.1) is 6.54 Å². The molecule has 0 aromatic carbocycles. The Kier molecular flexibility index (Phi) is 5.75. The van der Waals surface area contributed by atoms with Crippen molar-refractivity contribution in [3.63, 3.8) is 0 Å². The molecule has 2 N–H and O–H groups in total. The molecule has 1 saturated heterocycles. The van der Waals surface area contributed by atoms with Gasteiger partial charge in [-0.15, -0.1) is 0 Å². The summed E-state index contributed by atoms with van der Waals surface area (Å²) in [6.45, 7) is 5.85. The van der Waals surface area contributed by atoms with E-state index in [1.807, 2.05) is 7.05 Å². The highest BCUT2D eigenvalue weighted by Gasteiger charge is 2.17. The van der Waals surface area contributed by atoms with Gasteiger partial charge >= 0.3 is 0 Å². The maximum absolute atomic E-state index is 10.4. The molecule has 0 spiro atoms. The first-order valence-electron chi connectivity index (χ1n) is 5.38. The van der Waals surface area contributed by atoms with Crippen LogP contribution < -0.4 is 10.6 Å². The summed E-state index contributed by atoms with van der Waals surface area (Å²) in [6.07, 6.45) is 2.21. The van der Waals surface area contributed by atoms with Crippen molar-refractivity contribution >= 4 is 6.29 Å². The summed E-state index contributed by atoms with van der Waals surface area (Å²) in [7, 11) is 1.94. The number of hydrogen-bond acceptors (Lipinski definition) is 4. The monoisotopic (exact) mass is 199 g/mol. The van der Waals surface area contributed by atoms with Crippen molar-refractivity contribution in [2.45, 2.75) is 6.42 Å². The van der Waals surface area contributed by atoms with Crippen molar-refractivity contribution in [3.05, 3.63) is 0 Å². The molecule has 4 nitrogen and oxygen atoms in total.